The molecule has 30 heavy (non-hydrogen) atoms. The number of amides is 1. The normalized spacial score (nSPS) is 16.4. The summed E-state index contributed by atoms with van der Waals surface area (Å²) in [6.07, 6.45) is 1.64. The number of anilines is 1. The van der Waals surface area contributed by atoms with Crippen LogP contribution in [0.4, 0.5) is 14.6 Å². The zero-order valence-electron chi connectivity index (χ0n) is 16.5. The van der Waals surface area contributed by atoms with E-state index < -0.39 is 17.5 Å². The van der Waals surface area contributed by atoms with Gasteiger partial charge in [-0.25, -0.2) is 8.78 Å². The summed E-state index contributed by atoms with van der Waals surface area (Å²) in [7, 11) is 1.62. The van der Waals surface area contributed by atoms with Crippen LogP contribution in [-0.4, -0.2) is 42.3 Å². The summed E-state index contributed by atoms with van der Waals surface area (Å²) in [5.74, 6) is -0.547. The summed E-state index contributed by atoms with van der Waals surface area (Å²) in [5, 5.41) is 10.3. The Bertz CT molecular complexity index is 1040. The van der Waals surface area contributed by atoms with Gasteiger partial charge in [-0.05, 0) is 54.8 Å². The number of carbonyl (C=O) groups excluding carboxylic acids is 1. The average Bonchev–Trinajstić information content (AvgIpc) is 3.24. The van der Waals surface area contributed by atoms with Crippen LogP contribution in [0.15, 0.2) is 48.5 Å². The number of hydrogen-bond acceptors (Lipinski definition) is 4. The molecule has 2 heterocycles. The van der Waals surface area contributed by atoms with Crippen LogP contribution in [0.2, 0.25) is 0 Å². The number of nitrogens with one attached hydrogen (secondary N) is 2. The quantitative estimate of drug-likeness (QED) is 0.670. The number of benzene rings is 2. The Labute approximate surface area is 172 Å². The predicted octanol–water partition coefficient (Wildman–Crippen LogP) is 3.76. The zero-order chi connectivity index (χ0) is 21.1. The minimum absolute atomic E-state index is 0.156. The molecule has 1 atom stereocenters. The van der Waals surface area contributed by atoms with Gasteiger partial charge in [0.05, 0.1) is 18.4 Å². The van der Waals surface area contributed by atoms with E-state index in [1.54, 1.807) is 7.11 Å². The fourth-order valence-electron chi connectivity index (χ4n) is 3.63. The molecule has 1 fully saturated rings. The molecule has 4 rings (SSSR count). The van der Waals surface area contributed by atoms with Crippen molar-refractivity contribution in [2.45, 2.75) is 18.9 Å². The fraction of sp³-hybridized carbons (Fsp3) is 0.273. The second-order valence-electron chi connectivity index (χ2n) is 7.25. The van der Waals surface area contributed by atoms with Gasteiger partial charge < -0.3 is 15.0 Å². The first-order valence-electron chi connectivity index (χ1n) is 9.74. The Balaban J connectivity index is 1.42. The third-order valence-corrected chi connectivity index (χ3v) is 5.22. The monoisotopic (exact) mass is 412 g/mol. The van der Waals surface area contributed by atoms with Gasteiger partial charge in [0.15, 0.2) is 5.82 Å². The van der Waals surface area contributed by atoms with Crippen LogP contribution >= 0.6 is 0 Å². The summed E-state index contributed by atoms with van der Waals surface area (Å²) in [6.45, 7) is 1.37. The maximum atomic E-state index is 13.9. The molecule has 0 saturated carbocycles. The highest BCUT2D eigenvalue weighted by Crippen LogP contribution is 2.26. The molecule has 2 N–H and O–H groups in total. The number of aromatic nitrogens is 2. The number of H-pyrrole nitrogens is 1. The first-order valence-corrected chi connectivity index (χ1v) is 9.74. The van der Waals surface area contributed by atoms with Crippen LogP contribution in [0.3, 0.4) is 0 Å². The summed E-state index contributed by atoms with van der Waals surface area (Å²) in [5.41, 5.74) is 1.71. The van der Waals surface area contributed by atoms with Gasteiger partial charge in [-0.1, -0.05) is 0 Å². The number of nitrogens with zero attached hydrogens (tertiary/aromatic N) is 2. The lowest BCUT2D eigenvalue weighted by Crippen LogP contribution is -2.48. The Kier molecular flexibility index (Phi) is 5.65. The number of ether oxygens (including phenoxy) is 1. The van der Waals surface area contributed by atoms with Crippen molar-refractivity contribution in [3.05, 3.63) is 65.7 Å². The summed E-state index contributed by atoms with van der Waals surface area (Å²) >= 11 is 0. The van der Waals surface area contributed by atoms with Crippen LogP contribution in [-0.2, 0) is 0 Å². The maximum Gasteiger partial charge on any atom is 0.254 e. The Morgan fingerprint density at radius 2 is 2.00 bits per heavy atom. The van der Waals surface area contributed by atoms with Crippen molar-refractivity contribution >= 4 is 11.7 Å². The fourth-order valence-corrected chi connectivity index (χ4v) is 3.63. The molecule has 1 amide bonds. The lowest BCUT2D eigenvalue weighted by Gasteiger charge is -2.33. The smallest absolute Gasteiger partial charge is 0.254 e. The molecule has 0 bridgehead atoms. The molecule has 0 unspecified atom stereocenters. The van der Waals surface area contributed by atoms with Gasteiger partial charge in [0.25, 0.3) is 5.91 Å². The van der Waals surface area contributed by atoms with Crippen LogP contribution in [0.1, 0.15) is 23.2 Å². The van der Waals surface area contributed by atoms with Gasteiger partial charge in [-0.3, -0.25) is 9.89 Å². The highest BCUT2D eigenvalue weighted by atomic mass is 19.1. The van der Waals surface area contributed by atoms with E-state index in [1.807, 2.05) is 30.3 Å². The van der Waals surface area contributed by atoms with Gasteiger partial charge in [0.2, 0.25) is 0 Å². The standard InChI is InChI=1S/C22H22F2N4O2/c1-30-17-7-4-14(5-8-17)20-12-21(27-26-20)28-10-2-3-16(13-28)25-22(29)18-9-6-15(23)11-19(18)24/h4-9,11-12,16H,2-3,10,13H2,1H3,(H,25,29)(H,26,27)/t16-/m0/s1. The van der Waals surface area contributed by atoms with Gasteiger partial charge in [-0.2, -0.15) is 5.10 Å². The number of aromatic amines is 1. The van der Waals surface area contributed by atoms with Crippen LogP contribution in [0.25, 0.3) is 11.3 Å². The first-order chi connectivity index (χ1) is 14.5. The highest BCUT2D eigenvalue weighted by molar-refractivity contribution is 5.94. The minimum atomic E-state index is -0.864. The van der Waals surface area contributed by atoms with Gasteiger partial charge in [0, 0.05) is 31.3 Å². The summed E-state index contributed by atoms with van der Waals surface area (Å²) in [4.78, 5) is 14.5. The average molecular weight is 412 g/mol. The molecule has 8 heteroatoms. The van der Waals surface area contributed by atoms with E-state index in [1.165, 1.54) is 0 Å². The van der Waals surface area contributed by atoms with Gasteiger partial charge >= 0.3 is 0 Å². The lowest BCUT2D eigenvalue weighted by atomic mass is 10.0. The number of piperidine rings is 1. The molecular weight excluding hydrogens is 390 g/mol. The van der Waals surface area contributed by atoms with Crippen LogP contribution in [0, 0.1) is 11.6 Å². The Morgan fingerprint density at radius 1 is 1.20 bits per heavy atom. The third kappa shape index (κ3) is 4.27. The topological polar surface area (TPSA) is 70.2 Å². The van der Waals surface area contributed by atoms with E-state index >= 15 is 0 Å². The summed E-state index contributed by atoms with van der Waals surface area (Å²) in [6, 6.07) is 12.4. The second kappa shape index (κ2) is 8.52. The largest absolute Gasteiger partial charge is 0.497 e. The van der Waals surface area contributed by atoms with Gasteiger partial charge in [-0.15, -0.1) is 0 Å². The van der Waals surface area contributed by atoms with E-state index in [0.29, 0.717) is 12.6 Å². The molecule has 1 aromatic heterocycles. The van der Waals surface area contributed by atoms with E-state index in [-0.39, 0.29) is 11.6 Å². The number of hydrogen-bond donors (Lipinski definition) is 2. The number of rotatable bonds is 5. The molecule has 0 spiro atoms. The van der Waals surface area contributed by atoms with Crippen molar-refractivity contribution < 1.29 is 18.3 Å². The third-order valence-electron chi connectivity index (χ3n) is 5.22. The maximum absolute atomic E-state index is 13.9. The van der Waals surface area contributed by atoms with Crippen molar-refractivity contribution in [2.24, 2.45) is 0 Å². The van der Waals surface area contributed by atoms with E-state index in [2.05, 4.69) is 20.4 Å². The zero-order valence-corrected chi connectivity index (χ0v) is 16.5. The van der Waals surface area contributed by atoms with Crippen molar-refractivity contribution in [3.8, 4) is 17.0 Å². The molecule has 1 saturated heterocycles. The van der Waals surface area contributed by atoms with Crippen LogP contribution < -0.4 is 15.0 Å². The number of halogens is 2. The molecule has 2 aromatic carbocycles. The highest BCUT2D eigenvalue weighted by Gasteiger charge is 2.24. The number of methoxy groups -OCH3 is 1. The lowest BCUT2D eigenvalue weighted by molar-refractivity contribution is 0.0929. The van der Waals surface area contributed by atoms with E-state index in [4.69, 9.17) is 4.74 Å². The van der Waals surface area contributed by atoms with Gasteiger partial charge in [0.1, 0.15) is 17.4 Å². The molecule has 1 aliphatic heterocycles. The molecule has 0 radical (unpaired) electrons. The Morgan fingerprint density at radius 3 is 2.73 bits per heavy atom. The molecule has 3 aromatic rings. The number of carbonyl (C=O) groups is 1. The second-order valence-corrected chi connectivity index (χ2v) is 7.25. The predicted molar refractivity (Wildman–Crippen MR) is 110 cm³/mol. The molecular formula is C22H22F2N4O2. The van der Waals surface area contributed by atoms with E-state index in [0.717, 1.165) is 54.3 Å². The Hall–Kier alpha value is -3.42. The SMILES string of the molecule is COc1ccc(-c2cc(N3CCC[C@H](NC(=O)c4ccc(F)cc4F)C3)n[nH]2)cc1. The van der Waals surface area contributed by atoms with Crippen molar-refractivity contribution in [3.63, 3.8) is 0 Å². The van der Waals surface area contributed by atoms with Crippen LogP contribution in [0.5, 0.6) is 5.75 Å². The van der Waals surface area contributed by atoms with E-state index in [9.17, 15) is 13.6 Å². The molecule has 6 nitrogen and oxygen atoms in total. The minimum Gasteiger partial charge on any atom is -0.497 e. The van der Waals surface area contributed by atoms with Crippen molar-refractivity contribution in [1.29, 1.82) is 0 Å². The van der Waals surface area contributed by atoms with Crippen molar-refractivity contribution in [1.82, 2.24) is 15.5 Å². The first kappa shape index (κ1) is 19.9. The molecule has 0 aliphatic carbocycles. The summed E-state index contributed by atoms with van der Waals surface area (Å²) < 4.78 is 32.1. The molecule has 156 valence electrons. The molecule has 1 aliphatic rings. The van der Waals surface area contributed by atoms with Crippen molar-refractivity contribution in [2.75, 3.05) is 25.1 Å².